The van der Waals surface area contributed by atoms with E-state index in [2.05, 4.69) is 26.6 Å². The number of rotatable bonds is 9. The van der Waals surface area contributed by atoms with Crippen molar-refractivity contribution in [1.29, 1.82) is 5.26 Å². The van der Waals surface area contributed by atoms with Gasteiger partial charge >= 0.3 is 0 Å². The maximum Gasteiger partial charge on any atom is 0.243 e. The van der Waals surface area contributed by atoms with Crippen LogP contribution in [0, 0.1) is 18.3 Å². The Hall–Kier alpha value is -3.18. The van der Waals surface area contributed by atoms with Crippen LogP contribution in [0.2, 0.25) is 0 Å². The van der Waals surface area contributed by atoms with Gasteiger partial charge in [0.1, 0.15) is 0 Å². The first-order valence-electron chi connectivity index (χ1n) is 9.45. The molecule has 0 atom stereocenters. The summed E-state index contributed by atoms with van der Waals surface area (Å²) in [4.78, 5) is 38.1. The second-order valence-electron chi connectivity index (χ2n) is 6.58. The Morgan fingerprint density at radius 2 is 1.80 bits per heavy atom. The molecule has 2 N–H and O–H groups in total. The number of hydrogen-bond acceptors (Lipinski definition) is 4. The van der Waals surface area contributed by atoms with Crippen molar-refractivity contribution in [2.24, 2.45) is 0 Å². The van der Waals surface area contributed by atoms with Gasteiger partial charge in [-0.1, -0.05) is 34.1 Å². The molecule has 0 saturated carbocycles. The van der Waals surface area contributed by atoms with Crippen molar-refractivity contribution in [3.63, 3.8) is 0 Å². The lowest BCUT2D eigenvalue weighted by Crippen LogP contribution is -2.35. The van der Waals surface area contributed by atoms with Crippen LogP contribution in [0.15, 0.2) is 53.0 Å². The number of amides is 3. The van der Waals surface area contributed by atoms with Crippen LogP contribution in [-0.2, 0) is 14.4 Å². The molecule has 0 bridgehead atoms. The molecule has 8 heteroatoms. The van der Waals surface area contributed by atoms with Crippen LogP contribution in [0.25, 0.3) is 0 Å². The smallest absolute Gasteiger partial charge is 0.243 e. The Morgan fingerprint density at radius 1 is 1.07 bits per heavy atom. The van der Waals surface area contributed by atoms with Crippen LogP contribution in [0.1, 0.15) is 24.8 Å². The molecule has 0 unspecified atom stereocenters. The molecule has 3 amide bonds. The van der Waals surface area contributed by atoms with E-state index in [0.29, 0.717) is 11.4 Å². The number of halogens is 1. The highest BCUT2D eigenvalue weighted by Gasteiger charge is 2.17. The number of para-hydroxylation sites is 1. The molecule has 0 aliphatic rings. The maximum absolute atomic E-state index is 12.5. The first-order chi connectivity index (χ1) is 14.4. The monoisotopic (exact) mass is 470 g/mol. The van der Waals surface area contributed by atoms with Crippen molar-refractivity contribution in [3.05, 3.63) is 58.6 Å². The number of carbonyl (C=O) groups is 3. The van der Waals surface area contributed by atoms with E-state index >= 15 is 0 Å². The SMILES string of the molecule is Cc1cc(NC(=O)CNC(=O)CCC(=O)N(CCC#N)c2ccccc2)ccc1Br. The van der Waals surface area contributed by atoms with E-state index in [1.54, 1.807) is 30.3 Å². The Kier molecular flexibility index (Phi) is 9.03. The molecule has 0 spiro atoms. The topological polar surface area (TPSA) is 102 Å². The lowest BCUT2D eigenvalue weighted by molar-refractivity contribution is -0.126. The molecule has 7 nitrogen and oxygen atoms in total. The molecule has 2 rings (SSSR count). The molecular formula is C22H23BrN4O3. The van der Waals surface area contributed by atoms with Gasteiger partial charge in [0.25, 0.3) is 0 Å². The van der Waals surface area contributed by atoms with E-state index < -0.39 is 5.91 Å². The fourth-order valence-electron chi connectivity index (χ4n) is 2.72. The molecule has 0 aliphatic heterocycles. The summed E-state index contributed by atoms with van der Waals surface area (Å²) in [5, 5.41) is 14.1. The predicted molar refractivity (Wildman–Crippen MR) is 119 cm³/mol. The van der Waals surface area contributed by atoms with Gasteiger partial charge in [0.15, 0.2) is 0 Å². The lowest BCUT2D eigenvalue weighted by atomic mass is 10.2. The van der Waals surface area contributed by atoms with Crippen LogP contribution in [0.4, 0.5) is 11.4 Å². The normalized spacial score (nSPS) is 10.0. The van der Waals surface area contributed by atoms with Crippen LogP contribution in [0.5, 0.6) is 0 Å². The Morgan fingerprint density at radius 3 is 2.47 bits per heavy atom. The molecule has 30 heavy (non-hydrogen) atoms. The number of hydrogen-bond donors (Lipinski definition) is 2. The van der Waals surface area contributed by atoms with E-state index in [1.165, 1.54) is 4.90 Å². The lowest BCUT2D eigenvalue weighted by Gasteiger charge is -2.21. The van der Waals surface area contributed by atoms with Gasteiger partial charge in [-0.25, -0.2) is 0 Å². The summed E-state index contributed by atoms with van der Waals surface area (Å²) < 4.78 is 0.942. The Bertz CT molecular complexity index is 941. The van der Waals surface area contributed by atoms with Gasteiger partial charge < -0.3 is 15.5 Å². The molecule has 2 aromatic rings. The number of anilines is 2. The molecule has 2 aromatic carbocycles. The van der Waals surface area contributed by atoms with Crippen molar-refractivity contribution in [2.45, 2.75) is 26.2 Å². The van der Waals surface area contributed by atoms with Crippen LogP contribution in [-0.4, -0.2) is 30.8 Å². The molecule has 0 aliphatic carbocycles. The number of aryl methyl sites for hydroxylation is 1. The third-order valence-electron chi connectivity index (χ3n) is 4.27. The van der Waals surface area contributed by atoms with Gasteiger partial charge in [-0.05, 0) is 42.8 Å². The first kappa shape index (κ1) is 23.1. The van der Waals surface area contributed by atoms with Gasteiger partial charge in [0.2, 0.25) is 17.7 Å². The van der Waals surface area contributed by atoms with E-state index in [4.69, 9.17) is 5.26 Å². The zero-order chi connectivity index (χ0) is 21.9. The second kappa shape index (κ2) is 11.7. The maximum atomic E-state index is 12.5. The van der Waals surface area contributed by atoms with Gasteiger partial charge in [-0.3, -0.25) is 14.4 Å². The van der Waals surface area contributed by atoms with Crippen molar-refractivity contribution >= 4 is 45.0 Å². The van der Waals surface area contributed by atoms with E-state index in [0.717, 1.165) is 10.0 Å². The summed E-state index contributed by atoms with van der Waals surface area (Å²) in [6.45, 7) is 1.99. The fraction of sp³-hybridized carbons (Fsp3) is 0.273. The van der Waals surface area contributed by atoms with E-state index in [-0.39, 0.29) is 44.2 Å². The summed E-state index contributed by atoms with van der Waals surface area (Å²) >= 11 is 3.40. The average molecular weight is 471 g/mol. The van der Waals surface area contributed by atoms with Crippen LogP contribution in [0.3, 0.4) is 0 Å². The van der Waals surface area contributed by atoms with Gasteiger partial charge in [0, 0.05) is 35.2 Å². The first-order valence-corrected chi connectivity index (χ1v) is 10.2. The predicted octanol–water partition coefficient (Wildman–Crippen LogP) is 3.54. The zero-order valence-electron chi connectivity index (χ0n) is 16.7. The highest BCUT2D eigenvalue weighted by molar-refractivity contribution is 9.10. The van der Waals surface area contributed by atoms with Crippen LogP contribution >= 0.6 is 15.9 Å². The van der Waals surface area contributed by atoms with Gasteiger partial charge in [0.05, 0.1) is 19.0 Å². The summed E-state index contributed by atoms with van der Waals surface area (Å²) in [5.74, 6) is -0.989. The quantitative estimate of drug-likeness (QED) is 0.584. The number of nitrogens with one attached hydrogen (secondary N) is 2. The average Bonchev–Trinajstić information content (AvgIpc) is 2.74. The van der Waals surface area contributed by atoms with Crippen molar-refractivity contribution < 1.29 is 14.4 Å². The summed E-state index contributed by atoms with van der Waals surface area (Å²) in [6.07, 6.45) is 0.140. The largest absolute Gasteiger partial charge is 0.347 e. The molecule has 0 fully saturated rings. The van der Waals surface area contributed by atoms with E-state index in [9.17, 15) is 14.4 Å². The van der Waals surface area contributed by atoms with Crippen molar-refractivity contribution in [2.75, 3.05) is 23.3 Å². The molecule has 156 valence electrons. The number of carbonyl (C=O) groups excluding carboxylic acids is 3. The van der Waals surface area contributed by atoms with E-state index in [1.807, 2.05) is 31.2 Å². The van der Waals surface area contributed by atoms with Crippen molar-refractivity contribution in [3.8, 4) is 6.07 Å². The third-order valence-corrected chi connectivity index (χ3v) is 5.16. The summed E-state index contributed by atoms with van der Waals surface area (Å²) in [7, 11) is 0. The summed E-state index contributed by atoms with van der Waals surface area (Å²) in [5.41, 5.74) is 2.30. The minimum absolute atomic E-state index is 0.0142. The Labute approximate surface area is 184 Å². The minimum atomic E-state index is -0.390. The van der Waals surface area contributed by atoms with Gasteiger partial charge in [-0.15, -0.1) is 0 Å². The number of nitrogens with zero attached hydrogens (tertiary/aromatic N) is 2. The van der Waals surface area contributed by atoms with Crippen LogP contribution < -0.4 is 15.5 Å². The second-order valence-corrected chi connectivity index (χ2v) is 7.43. The summed E-state index contributed by atoms with van der Waals surface area (Å²) in [6, 6.07) is 16.5. The third kappa shape index (κ3) is 7.33. The standard InChI is InChI=1S/C22H23BrN4O3/c1-16-14-17(8-9-19(16)23)26-21(29)15-25-20(28)10-11-22(30)27(13-5-12-24)18-6-3-2-4-7-18/h2-4,6-9,14H,5,10-11,13,15H2,1H3,(H,25,28)(H,26,29). The minimum Gasteiger partial charge on any atom is -0.347 e. The molecule has 0 heterocycles. The Balaban J connectivity index is 1.80. The van der Waals surface area contributed by atoms with Gasteiger partial charge in [-0.2, -0.15) is 5.26 Å². The van der Waals surface area contributed by atoms with Crippen molar-refractivity contribution in [1.82, 2.24) is 5.32 Å². The molecular weight excluding hydrogens is 448 g/mol. The number of nitriles is 1. The molecule has 0 radical (unpaired) electrons. The molecule has 0 saturated heterocycles. The highest BCUT2D eigenvalue weighted by atomic mass is 79.9. The molecule has 0 aromatic heterocycles. The zero-order valence-corrected chi connectivity index (χ0v) is 18.2. The highest BCUT2D eigenvalue weighted by Crippen LogP contribution is 2.20. The number of benzene rings is 2. The fourth-order valence-corrected chi connectivity index (χ4v) is 2.96.